The van der Waals surface area contributed by atoms with Gasteiger partial charge in [0.1, 0.15) is 0 Å². The molecule has 142 valence electrons. The molecule has 6 heteroatoms. The first-order chi connectivity index (χ1) is 13.0. The highest BCUT2D eigenvalue weighted by molar-refractivity contribution is 5.89. The second-order valence-corrected chi connectivity index (χ2v) is 7.05. The third-order valence-corrected chi connectivity index (χ3v) is 4.75. The Morgan fingerprint density at radius 2 is 1.81 bits per heavy atom. The highest BCUT2D eigenvalue weighted by Gasteiger charge is 2.18. The summed E-state index contributed by atoms with van der Waals surface area (Å²) >= 11 is 0. The van der Waals surface area contributed by atoms with E-state index >= 15 is 0 Å². The van der Waals surface area contributed by atoms with Gasteiger partial charge in [0.15, 0.2) is 0 Å². The summed E-state index contributed by atoms with van der Waals surface area (Å²) in [4.78, 5) is 32.3. The normalized spacial score (nSPS) is 13.5. The van der Waals surface area contributed by atoms with Crippen LogP contribution in [0, 0.1) is 6.92 Å². The number of aryl methyl sites for hydroxylation is 1. The molecule has 3 rings (SSSR count). The molecule has 1 aliphatic rings. The van der Waals surface area contributed by atoms with E-state index in [4.69, 9.17) is 0 Å². The zero-order valence-corrected chi connectivity index (χ0v) is 15.9. The number of anilines is 1. The van der Waals surface area contributed by atoms with E-state index in [9.17, 15) is 9.59 Å². The molecule has 1 aliphatic heterocycles. The van der Waals surface area contributed by atoms with Gasteiger partial charge in [0, 0.05) is 44.3 Å². The van der Waals surface area contributed by atoms with E-state index in [1.165, 1.54) is 0 Å². The Morgan fingerprint density at radius 1 is 1.11 bits per heavy atom. The fourth-order valence-corrected chi connectivity index (χ4v) is 3.23. The second kappa shape index (κ2) is 8.66. The van der Waals surface area contributed by atoms with Crippen molar-refractivity contribution in [1.82, 2.24) is 14.8 Å². The van der Waals surface area contributed by atoms with E-state index in [1.807, 2.05) is 48.2 Å². The zero-order chi connectivity index (χ0) is 19.2. The van der Waals surface area contributed by atoms with Crippen LogP contribution in [0.4, 0.5) is 10.5 Å². The number of carbonyl (C=O) groups excluding carboxylic acids is 2. The van der Waals surface area contributed by atoms with E-state index in [0.717, 1.165) is 48.4 Å². The zero-order valence-electron chi connectivity index (χ0n) is 15.9. The molecule has 0 spiro atoms. The van der Waals surface area contributed by atoms with Crippen LogP contribution < -0.4 is 5.32 Å². The first-order valence-electron chi connectivity index (χ1n) is 9.31. The average Bonchev–Trinajstić information content (AvgIpc) is 3.18. The maximum absolute atomic E-state index is 12.4. The molecule has 0 aliphatic carbocycles. The number of hydrogen-bond acceptors (Lipinski definition) is 3. The van der Waals surface area contributed by atoms with Crippen LogP contribution in [0.2, 0.25) is 0 Å². The van der Waals surface area contributed by atoms with Crippen LogP contribution in [0.25, 0.3) is 0 Å². The number of nitrogens with zero attached hydrogens (tertiary/aromatic N) is 3. The largest absolute Gasteiger partial charge is 0.342 e. The predicted molar refractivity (Wildman–Crippen MR) is 105 cm³/mol. The molecule has 1 aromatic heterocycles. The highest BCUT2D eigenvalue weighted by Crippen LogP contribution is 2.14. The van der Waals surface area contributed by atoms with E-state index in [0.29, 0.717) is 13.0 Å². The number of rotatable bonds is 5. The maximum atomic E-state index is 12.4. The molecular formula is C21H26N4O2. The lowest BCUT2D eigenvalue weighted by Crippen LogP contribution is -2.31. The lowest BCUT2D eigenvalue weighted by atomic mass is 10.1. The number of benzene rings is 1. The summed E-state index contributed by atoms with van der Waals surface area (Å²) in [5.41, 5.74) is 3.65. The number of hydrogen-bond donors (Lipinski definition) is 1. The lowest BCUT2D eigenvalue weighted by molar-refractivity contribution is -0.129. The van der Waals surface area contributed by atoms with E-state index < -0.39 is 0 Å². The summed E-state index contributed by atoms with van der Waals surface area (Å²) in [6.07, 6.45) is 4.36. The van der Waals surface area contributed by atoms with Gasteiger partial charge in [-0.15, -0.1) is 0 Å². The van der Waals surface area contributed by atoms with Crippen LogP contribution in [-0.4, -0.2) is 46.9 Å². The molecule has 1 aromatic carbocycles. The Morgan fingerprint density at radius 3 is 2.48 bits per heavy atom. The van der Waals surface area contributed by atoms with Gasteiger partial charge in [-0.1, -0.05) is 12.1 Å². The van der Waals surface area contributed by atoms with Crippen molar-refractivity contribution in [2.24, 2.45) is 0 Å². The molecule has 1 saturated heterocycles. The van der Waals surface area contributed by atoms with Crippen LogP contribution >= 0.6 is 0 Å². The van der Waals surface area contributed by atoms with Crippen molar-refractivity contribution >= 4 is 17.6 Å². The number of amides is 3. The van der Waals surface area contributed by atoms with Gasteiger partial charge >= 0.3 is 6.03 Å². The molecule has 0 unspecified atom stereocenters. The van der Waals surface area contributed by atoms with E-state index in [-0.39, 0.29) is 11.9 Å². The fourth-order valence-electron chi connectivity index (χ4n) is 3.23. The van der Waals surface area contributed by atoms with Gasteiger partial charge in [0.2, 0.25) is 5.91 Å². The Hall–Kier alpha value is -2.89. The number of nitrogens with one attached hydrogen (secondary N) is 1. The molecular weight excluding hydrogens is 340 g/mol. The van der Waals surface area contributed by atoms with Crippen LogP contribution in [-0.2, 0) is 17.8 Å². The highest BCUT2D eigenvalue weighted by atomic mass is 16.2. The number of aromatic nitrogens is 1. The molecule has 3 amide bonds. The topological polar surface area (TPSA) is 65.5 Å². The molecule has 0 bridgehead atoms. The third-order valence-electron chi connectivity index (χ3n) is 4.75. The minimum absolute atomic E-state index is 0.176. The lowest BCUT2D eigenvalue weighted by Gasteiger charge is -2.18. The van der Waals surface area contributed by atoms with Crippen molar-refractivity contribution in [3.8, 4) is 0 Å². The van der Waals surface area contributed by atoms with Gasteiger partial charge < -0.3 is 15.1 Å². The van der Waals surface area contributed by atoms with E-state index in [2.05, 4.69) is 10.3 Å². The van der Waals surface area contributed by atoms with Crippen LogP contribution in [0.1, 0.15) is 29.7 Å². The van der Waals surface area contributed by atoms with Crippen molar-refractivity contribution in [3.63, 3.8) is 0 Å². The molecule has 0 saturated carbocycles. The van der Waals surface area contributed by atoms with Crippen LogP contribution in [0.15, 0.2) is 42.6 Å². The summed E-state index contributed by atoms with van der Waals surface area (Å²) in [6.45, 7) is 4.18. The Balaban J connectivity index is 1.52. The van der Waals surface area contributed by atoms with Crippen molar-refractivity contribution in [2.75, 3.05) is 25.5 Å². The van der Waals surface area contributed by atoms with Gasteiger partial charge in [-0.3, -0.25) is 9.78 Å². The monoisotopic (exact) mass is 366 g/mol. The van der Waals surface area contributed by atoms with Crippen LogP contribution in [0.3, 0.4) is 0 Å². The van der Waals surface area contributed by atoms with Crippen molar-refractivity contribution in [1.29, 1.82) is 0 Å². The second-order valence-electron chi connectivity index (χ2n) is 7.05. The summed E-state index contributed by atoms with van der Waals surface area (Å²) in [6, 6.07) is 11.2. The molecule has 0 atom stereocenters. The Bertz CT molecular complexity index is 798. The average molecular weight is 366 g/mol. The maximum Gasteiger partial charge on any atom is 0.321 e. The summed E-state index contributed by atoms with van der Waals surface area (Å²) in [7, 11) is 1.76. The number of carbonyl (C=O) groups is 2. The molecule has 1 N–H and O–H groups in total. The molecule has 27 heavy (non-hydrogen) atoms. The first-order valence-corrected chi connectivity index (χ1v) is 9.31. The van der Waals surface area contributed by atoms with E-state index in [1.54, 1.807) is 18.1 Å². The quantitative estimate of drug-likeness (QED) is 0.884. The molecule has 6 nitrogen and oxygen atoms in total. The van der Waals surface area contributed by atoms with Gasteiger partial charge in [-0.25, -0.2) is 4.79 Å². The Labute approximate surface area is 160 Å². The minimum Gasteiger partial charge on any atom is -0.342 e. The van der Waals surface area contributed by atoms with Crippen molar-refractivity contribution < 1.29 is 9.59 Å². The van der Waals surface area contributed by atoms with Gasteiger partial charge in [0.25, 0.3) is 0 Å². The summed E-state index contributed by atoms with van der Waals surface area (Å²) in [5, 5.41) is 2.89. The smallest absolute Gasteiger partial charge is 0.321 e. The summed E-state index contributed by atoms with van der Waals surface area (Å²) in [5.74, 6) is 0.177. The Kier molecular flexibility index (Phi) is 6.06. The van der Waals surface area contributed by atoms with Gasteiger partial charge in [-0.05, 0) is 55.2 Å². The van der Waals surface area contributed by atoms with Gasteiger partial charge in [0.05, 0.1) is 6.42 Å². The SMILES string of the molecule is Cc1cc(CN(C)C(=O)Nc2ccc(CC(=O)N3CCCC3)cc2)ccn1. The number of likely N-dealkylation sites (tertiary alicyclic amines) is 1. The van der Waals surface area contributed by atoms with Gasteiger partial charge in [-0.2, -0.15) is 0 Å². The van der Waals surface area contributed by atoms with Crippen LogP contribution in [0.5, 0.6) is 0 Å². The third kappa shape index (κ3) is 5.29. The van der Waals surface area contributed by atoms with Crippen molar-refractivity contribution in [2.45, 2.75) is 32.7 Å². The molecule has 2 heterocycles. The minimum atomic E-state index is -0.176. The molecule has 2 aromatic rings. The van der Waals surface area contributed by atoms with Crippen molar-refractivity contribution in [3.05, 3.63) is 59.4 Å². The standard InChI is InChI=1S/C21H26N4O2/c1-16-13-18(9-10-22-16)15-24(2)21(27)23-19-7-5-17(6-8-19)14-20(26)25-11-3-4-12-25/h5-10,13H,3-4,11-12,14-15H2,1-2H3,(H,23,27). The number of pyridine rings is 1. The molecule has 1 fully saturated rings. The number of urea groups is 1. The summed E-state index contributed by atoms with van der Waals surface area (Å²) < 4.78 is 0. The molecule has 0 radical (unpaired) electrons. The predicted octanol–water partition coefficient (Wildman–Crippen LogP) is 3.22. The fraction of sp³-hybridized carbons (Fsp3) is 0.381. The first kappa shape index (κ1) is 18.9.